The molecule has 0 heterocycles. The molecule has 0 aromatic heterocycles. The third kappa shape index (κ3) is 2.70. The number of hydrogen-bond acceptors (Lipinski definition) is 3. The molecule has 1 N–H and O–H groups in total. The predicted octanol–water partition coefficient (Wildman–Crippen LogP) is 1.09. The summed E-state index contributed by atoms with van der Waals surface area (Å²) < 4.78 is 37.8. The van der Waals surface area contributed by atoms with E-state index in [0.29, 0.717) is 0 Å². The summed E-state index contributed by atoms with van der Waals surface area (Å²) in [6.07, 6.45) is 0. The second kappa shape index (κ2) is 5.09. The topological polar surface area (TPSA) is 57.6 Å². The molecule has 0 aliphatic carbocycles. The van der Waals surface area contributed by atoms with Crippen molar-refractivity contribution in [3.8, 4) is 0 Å². The van der Waals surface area contributed by atoms with Crippen molar-refractivity contribution < 1.29 is 17.9 Å². The number of nitrogens with zero attached hydrogens (tertiary/aromatic N) is 1. The van der Waals surface area contributed by atoms with Crippen LogP contribution < -0.4 is 0 Å². The number of likely N-dealkylation sites (N-methyl/N-ethyl adjacent to an activating group) is 1. The number of aliphatic hydroxyl groups is 1. The quantitative estimate of drug-likeness (QED) is 0.889. The van der Waals surface area contributed by atoms with Crippen LogP contribution in [-0.4, -0.2) is 38.0 Å². The van der Waals surface area contributed by atoms with Crippen LogP contribution in [0.5, 0.6) is 0 Å². The Kier molecular flexibility index (Phi) is 4.26. The number of hydrogen-bond donors (Lipinski definition) is 1. The van der Waals surface area contributed by atoms with Gasteiger partial charge in [0.25, 0.3) is 0 Å². The lowest BCUT2D eigenvalue weighted by Crippen LogP contribution is -2.30. The largest absolute Gasteiger partial charge is 0.395 e. The molecule has 16 heavy (non-hydrogen) atoms. The number of halogens is 2. The molecule has 0 unspecified atom stereocenters. The first-order valence-electron chi connectivity index (χ1n) is 4.42. The normalized spacial score (nSPS) is 12.1. The highest BCUT2D eigenvalue weighted by molar-refractivity contribution is 7.89. The molecule has 0 spiro atoms. The van der Waals surface area contributed by atoms with Crippen LogP contribution in [0.15, 0.2) is 23.1 Å². The molecule has 0 fully saturated rings. The summed E-state index contributed by atoms with van der Waals surface area (Å²) in [7, 11) is -2.68. The van der Waals surface area contributed by atoms with Gasteiger partial charge in [0.05, 0.1) is 6.61 Å². The molecule has 0 saturated carbocycles. The fourth-order valence-corrected chi connectivity index (χ4v) is 2.59. The summed E-state index contributed by atoms with van der Waals surface area (Å²) in [6, 6.07) is 3.30. The molecule has 0 saturated heterocycles. The Bertz CT molecular complexity index is 478. The van der Waals surface area contributed by atoms with Crippen molar-refractivity contribution in [1.29, 1.82) is 0 Å². The molecule has 1 aromatic carbocycles. The third-order valence-electron chi connectivity index (χ3n) is 2.00. The van der Waals surface area contributed by atoms with Crippen molar-refractivity contribution in [1.82, 2.24) is 4.31 Å². The van der Waals surface area contributed by atoms with Crippen molar-refractivity contribution >= 4 is 21.6 Å². The van der Waals surface area contributed by atoms with Crippen LogP contribution >= 0.6 is 11.6 Å². The Morgan fingerprint density at radius 2 is 2.12 bits per heavy atom. The lowest BCUT2D eigenvalue weighted by atomic mass is 10.3. The minimum absolute atomic E-state index is 0.103. The van der Waals surface area contributed by atoms with Gasteiger partial charge in [-0.25, -0.2) is 12.8 Å². The number of aliphatic hydroxyl groups excluding tert-OH is 1. The van der Waals surface area contributed by atoms with E-state index in [1.807, 2.05) is 0 Å². The van der Waals surface area contributed by atoms with Gasteiger partial charge in [0.15, 0.2) is 0 Å². The van der Waals surface area contributed by atoms with Crippen molar-refractivity contribution in [2.24, 2.45) is 0 Å². The van der Waals surface area contributed by atoms with Crippen molar-refractivity contribution in [2.75, 3.05) is 20.2 Å². The summed E-state index contributed by atoms with van der Waals surface area (Å²) in [5.41, 5.74) is 0. The molecule has 7 heteroatoms. The van der Waals surface area contributed by atoms with Crippen LogP contribution in [0.2, 0.25) is 5.02 Å². The van der Waals surface area contributed by atoms with E-state index in [1.54, 1.807) is 0 Å². The predicted molar refractivity (Wildman–Crippen MR) is 58.3 cm³/mol. The molecule has 0 bridgehead atoms. The van der Waals surface area contributed by atoms with E-state index in [4.69, 9.17) is 16.7 Å². The first kappa shape index (κ1) is 13.4. The highest BCUT2D eigenvalue weighted by atomic mass is 35.5. The first-order chi connectivity index (χ1) is 7.39. The molecular formula is C9H11ClFNO3S. The van der Waals surface area contributed by atoms with Gasteiger partial charge in [-0.1, -0.05) is 11.6 Å². The number of benzene rings is 1. The molecule has 4 nitrogen and oxygen atoms in total. The lowest BCUT2D eigenvalue weighted by Gasteiger charge is -2.16. The summed E-state index contributed by atoms with van der Waals surface area (Å²) in [6.45, 7) is -0.438. The van der Waals surface area contributed by atoms with Gasteiger partial charge in [-0.3, -0.25) is 0 Å². The van der Waals surface area contributed by atoms with E-state index in [1.165, 1.54) is 13.1 Å². The van der Waals surface area contributed by atoms with Crippen LogP contribution in [0.1, 0.15) is 0 Å². The summed E-state index contributed by atoms with van der Waals surface area (Å²) in [5, 5.41) is 8.78. The second-order valence-corrected chi connectivity index (χ2v) is 5.57. The minimum atomic E-state index is -3.94. The van der Waals surface area contributed by atoms with E-state index in [2.05, 4.69) is 0 Å². The van der Waals surface area contributed by atoms with E-state index < -0.39 is 20.7 Å². The zero-order valence-corrected chi connectivity index (χ0v) is 10.1. The average molecular weight is 268 g/mol. The Labute approximate surface area is 98.3 Å². The Hall–Kier alpha value is -0.690. The second-order valence-electron chi connectivity index (χ2n) is 3.12. The highest BCUT2D eigenvalue weighted by Gasteiger charge is 2.24. The fourth-order valence-electron chi connectivity index (χ4n) is 1.10. The van der Waals surface area contributed by atoms with Crippen LogP contribution in [-0.2, 0) is 10.0 Å². The molecule has 0 aliphatic rings. The van der Waals surface area contributed by atoms with Crippen LogP contribution in [0.25, 0.3) is 0 Å². The Morgan fingerprint density at radius 3 is 2.69 bits per heavy atom. The van der Waals surface area contributed by atoms with Crippen molar-refractivity contribution in [3.63, 3.8) is 0 Å². The van der Waals surface area contributed by atoms with Gasteiger partial charge in [0.1, 0.15) is 10.7 Å². The Balaban J connectivity index is 3.21. The maximum Gasteiger partial charge on any atom is 0.245 e. The van der Waals surface area contributed by atoms with Crippen LogP contribution in [0.4, 0.5) is 4.39 Å². The van der Waals surface area contributed by atoms with Gasteiger partial charge in [0.2, 0.25) is 10.0 Å². The van der Waals surface area contributed by atoms with Gasteiger partial charge >= 0.3 is 0 Å². The minimum Gasteiger partial charge on any atom is -0.395 e. The zero-order valence-electron chi connectivity index (χ0n) is 8.52. The molecule has 1 aromatic rings. The smallest absolute Gasteiger partial charge is 0.245 e. The summed E-state index contributed by atoms with van der Waals surface area (Å²) in [4.78, 5) is -0.490. The SMILES string of the molecule is CN(CCO)S(=O)(=O)c1cc(Cl)ccc1F. The van der Waals surface area contributed by atoms with Gasteiger partial charge in [0, 0.05) is 18.6 Å². The standard InChI is InChI=1S/C9H11ClFNO3S/c1-12(4-5-13)16(14,15)9-6-7(10)2-3-8(9)11/h2-3,6,13H,4-5H2,1H3. The van der Waals surface area contributed by atoms with E-state index >= 15 is 0 Å². The highest BCUT2D eigenvalue weighted by Crippen LogP contribution is 2.21. The first-order valence-corrected chi connectivity index (χ1v) is 6.23. The molecule has 0 atom stereocenters. The average Bonchev–Trinajstić information content (AvgIpc) is 2.22. The molecule has 0 aliphatic heterocycles. The van der Waals surface area contributed by atoms with E-state index in [9.17, 15) is 12.8 Å². The maximum atomic E-state index is 13.3. The van der Waals surface area contributed by atoms with Crippen LogP contribution in [0, 0.1) is 5.82 Å². The Morgan fingerprint density at radius 1 is 1.50 bits per heavy atom. The van der Waals surface area contributed by atoms with Crippen molar-refractivity contribution in [3.05, 3.63) is 29.0 Å². The van der Waals surface area contributed by atoms with Gasteiger partial charge in [-0.15, -0.1) is 0 Å². The third-order valence-corrected chi connectivity index (χ3v) is 4.10. The molecule has 90 valence electrons. The molecule has 0 radical (unpaired) electrons. The maximum absolute atomic E-state index is 13.3. The summed E-state index contributed by atoms with van der Waals surface area (Å²) >= 11 is 5.61. The van der Waals surface area contributed by atoms with Gasteiger partial charge in [-0.2, -0.15) is 4.31 Å². The number of rotatable bonds is 4. The summed E-state index contributed by atoms with van der Waals surface area (Å²) in [5.74, 6) is -0.866. The van der Waals surface area contributed by atoms with E-state index in [0.717, 1.165) is 16.4 Å². The molecule has 0 amide bonds. The number of sulfonamides is 1. The van der Waals surface area contributed by atoms with E-state index in [-0.39, 0.29) is 18.2 Å². The fraction of sp³-hybridized carbons (Fsp3) is 0.333. The van der Waals surface area contributed by atoms with Crippen molar-refractivity contribution in [2.45, 2.75) is 4.90 Å². The monoisotopic (exact) mass is 267 g/mol. The van der Waals surface area contributed by atoms with Gasteiger partial charge in [-0.05, 0) is 18.2 Å². The van der Waals surface area contributed by atoms with Gasteiger partial charge < -0.3 is 5.11 Å². The van der Waals surface area contributed by atoms with Crippen LogP contribution in [0.3, 0.4) is 0 Å². The molecular weight excluding hydrogens is 257 g/mol. The zero-order chi connectivity index (χ0) is 12.3. The molecule has 1 rings (SSSR count). The lowest BCUT2D eigenvalue weighted by molar-refractivity contribution is 0.266.